The second kappa shape index (κ2) is 7.49. The maximum Gasteiger partial charge on any atom is 0.0622 e. The molecular weight excluding hydrogens is 222 g/mol. The fraction of sp³-hybridized carbons (Fsp3) is 1.00. The van der Waals surface area contributed by atoms with Gasteiger partial charge >= 0.3 is 0 Å². The molecule has 0 bridgehead atoms. The van der Waals surface area contributed by atoms with Gasteiger partial charge in [0.1, 0.15) is 0 Å². The number of hydrogen-bond donors (Lipinski definition) is 1. The minimum Gasteiger partial charge on any atom is -0.380 e. The van der Waals surface area contributed by atoms with Crippen molar-refractivity contribution in [1.82, 2.24) is 5.32 Å². The van der Waals surface area contributed by atoms with E-state index in [2.05, 4.69) is 39.9 Å². The highest BCUT2D eigenvalue weighted by Gasteiger charge is 2.26. The monoisotopic (exact) mass is 255 g/mol. The van der Waals surface area contributed by atoms with Crippen LogP contribution in [-0.4, -0.2) is 25.3 Å². The number of rotatable bonds is 6. The molecule has 0 spiro atoms. The summed E-state index contributed by atoms with van der Waals surface area (Å²) in [4.78, 5) is 0. The van der Waals surface area contributed by atoms with Crippen molar-refractivity contribution >= 4 is 0 Å². The Kier molecular flexibility index (Phi) is 6.65. The third-order valence-electron chi connectivity index (χ3n) is 4.33. The summed E-state index contributed by atoms with van der Waals surface area (Å²) in [6, 6.07) is 1.20. The normalized spacial score (nSPS) is 26.0. The summed E-state index contributed by atoms with van der Waals surface area (Å²) in [6.07, 6.45) is 6.75. The second-order valence-electron chi connectivity index (χ2n) is 6.97. The van der Waals surface area contributed by atoms with E-state index in [1.54, 1.807) is 0 Å². The lowest BCUT2D eigenvalue weighted by Crippen LogP contribution is -2.44. The van der Waals surface area contributed by atoms with Crippen molar-refractivity contribution in [3.8, 4) is 0 Å². The molecule has 0 aromatic heterocycles. The highest BCUT2D eigenvalue weighted by Crippen LogP contribution is 2.33. The maximum absolute atomic E-state index is 5.61. The van der Waals surface area contributed by atoms with Gasteiger partial charge in [0.25, 0.3) is 0 Å². The molecule has 0 radical (unpaired) electrons. The third kappa shape index (κ3) is 5.71. The fourth-order valence-corrected chi connectivity index (χ4v) is 2.81. The molecule has 1 fully saturated rings. The van der Waals surface area contributed by atoms with Gasteiger partial charge in [-0.05, 0) is 43.9 Å². The molecule has 1 aliphatic carbocycles. The molecule has 2 unspecified atom stereocenters. The fourth-order valence-electron chi connectivity index (χ4n) is 2.81. The first kappa shape index (κ1) is 16.0. The Balaban J connectivity index is 2.43. The lowest BCUT2D eigenvalue weighted by atomic mass is 9.85. The van der Waals surface area contributed by atoms with Crippen LogP contribution in [0.3, 0.4) is 0 Å². The van der Waals surface area contributed by atoms with E-state index >= 15 is 0 Å². The van der Waals surface area contributed by atoms with Gasteiger partial charge < -0.3 is 10.1 Å². The summed E-state index contributed by atoms with van der Waals surface area (Å²) in [7, 11) is 0. The standard InChI is InChI=1S/C16H33NO/c1-6-18-12-15(13(2)3)17-14-8-7-10-16(4,5)11-9-14/h13-15,17H,6-12H2,1-5H3. The largest absolute Gasteiger partial charge is 0.380 e. The third-order valence-corrected chi connectivity index (χ3v) is 4.33. The van der Waals surface area contributed by atoms with Crippen LogP contribution >= 0.6 is 0 Å². The van der Waals surface area contributed by atoms with Crippen LogP contribution in [-0.2, 0) is 4.74 Å². The smallest absolute Gasteiger partial charge is 0.0622 e. The van der Waals surface area contributed by atoms with Gasteiger partial charge in [-0.3, -0.25) is 0 Å². The molecule has 2 heteroatoms. The molecule has 0 saturated heterocycles. The molecule has 0 aromatic rings. The average molecular weight is 255 g/mol. The molecule has 18 heavy (non-hydrogen) atoms. The van der Waals surface area contributed by atoms with Crippen LogP contribution in [0.25, 0.3) is 0 Å². The summed E-state index contributed by atoms with van der Waals surface area (Å²) in [5.74, 6) is 0.646. The maximum atomic E-state index is 5.61. The molecule has 1 N–H and O–H groups in total. The summed E-state index contributed by atoms with van der Waals surface area (Å²) in [5.41, 5.74) is 0.545. The summed E-state index contributed by atoms with van der Waals surface area (Å²) in [5, 5.41) is 3.84. The van der Waals surface area contributed by atoms with Gasteiger partial charge in [-0.2, -0.15) is 0 Å². The predicted octanol–water partition coefficient (Wildman–Crippen LogP) is 4.00. The van der Waals surface area contributed by atoms with Gasteiger partial charge in [0.05, 0.1) is 6.61 Å². The molecule has 108 valence electrons. The lowest BCUT2D eigenvalue weighted by molar-refractivity contribution is 0.102. The van der Waals surface area contributed by atoms with Crippen molar-refractivity contribution in [3.05, 3.63) is 0 Å². The topological polar surface area (TPSA) is 21.3 Å². The SMILES string of the molecule is CCOCC(NC1CCCC(C)(C)CC1)C(C)C. The van der Waals surface area contributed by atoms with Crippen molar-refractivity contribution in [3.63, 3.8) is 0 Å². The van der Waals surface area contributed by atoms with E-state index in [4.69, 9.17) is 4.74 Å². The van der Waals surface area contributed by atoms with Gasteiger partial charge in [-0.25, -0.2) is 0 Å². The van der Waals surface area contributed by atoms with Crippen molar-refractivity contribution in [2.24, 2.45) is 11.3 Å². The van der Waals surface area contributed by atoms with E-state index in [-0.39, 0.29) is 0 Å². The van der Waals surface area contributed by atoms with E-state index in [0.717, 1.165) is 13.2 Å². The quantitative estimate of drug-likeness (QED) is 0.724. The van der Waals surface area contributed by atoms with Crippen molar-refractivity contribution in [2.45, 2.75) is 78.8 Å². The number of nitrogens with one attached hydrogen (secondary N) is 1. The molecule has 1 rings (SSSR count). The van der Waals surface area contributed by atoms with Gasteiger partial charge in [0.15, 0.2) is 0 Å². The first-order valence-electron chi connectivity index (χ1n) is 7.78. The predicted molar refractivity (Wildman–Crippen MR) is 78.9 cm³/mol. The molecule has 0 amide bonds. The second-order valence-corrected chi connectivity index (χ2v) is 6.97. The highest BCUT2D eigenvalue weighted by molar-refractivity contribution is 4.83. The van der Waals surface area contributed by atoms with Crippen LogP contribution < -0.4 is 5.32 Å². The summed E-state index contributed by atoms with van der Waals surface area (Å²) >= 11 is 0. The molecular formula is C16H33NO. The zero-order valence-corrected chi connectivity index (χ0v) is 13.1. The molecule has 2 atom stereocenters. The Hall–Kier alpha value is -0.0800. The van der Waals surface area contributed by atoms with Crippen molar-refractivity contribution < 1.29 is 4.74 Å². The molecule has 2 nitrogen and oxygen atoms in total. The Morgan fingerprint density at radius 1 is 1.22 bits per heavy atom. The Labute approximate surface area is 114 Å². The molecule has 0 aliphatic heterocycles. The van der Waals surface area contributed by atoms with E-state index in [0.29, 0.717) is 23.4 Å². The van der Waals surface area contributed by atoms with Crippen LogP contribution in [0.2, 0.25) is 0 Å². The Morgan fingerprint density at radius 2 is 1.94 bits per heavy atom. The van der Waals surface area contributed by atoms with Gasteiger partial charge in [0, 0.05) is 18.7 Å². The molecule has 0 aromatic carbocycles. The molecule has 1 saturated carbocycles. The molecule has 1 aliphatic rings. The molecule has 0 heterocycles. The minimum absolute atomic E-state index is 0.510. The zero-order chi connectivity index (χ0) is 13.6. The lowest BCUT2D eigenvalue weighted by Gasteiger charge is -2.28. The van der Waals surface area contributed by atoms with Gasteiger partial charge in [-0.1, -0.05) is 34.1 Å². The Morgan fingerprint density at radius 3 is 2.56 bits per heavy atom. The van der Waals surface area contributed by atoms with Crippen LogP contribution in [0.15, 0.2) is 0 Å². The van der Waals surface area contributed by atoms with Gasteiger partial charge in [0.2, 0.25) is 0 Å². The van der Waals surface area contributed by atoms with E-state index < -0.39 is 0 Å². The average Bonchev–Trinajstić information content (AvgIpc) is 2.45. The summed E-state index contributed by atoms with van der Waals surface area (Å²) < 4.78 is 5.61. The van der Waals surface area contributed by atoms with E-state index in [1.165, 1.54) is 32.1 Å². The number of ether oxygens (including phenoxy) is 1. The van der Waals surface area contributed by atoms with Crippen LogP contribution in [0.5, 0.6) is 0 Å². The zero-order valence-electron chi connectivity index (χ0n) is 13.1. The van der Waals surface area contributed by atoms with E-state index in [9.17, 15) is 0 Å². The van der Waals surface area contributed by atoms with Crippen LogP contribution in [0.1, 0.15) is 66.7 Å². The first-order chi connectivity index (χ1) is 8.44. The van der Waals surface area contributed by atoms with Crippen LogP contribution in [0, 0.1) is 11.3 Å². The van der Waals surface area contributed by atoms with Crippen LogP contribution in [0.4, 0.5) is 0 Å². The van der Waals surface area contributed by atoms with Crippen molar-refractivity contribution in [1.29, 1.82) is 0 Å². The highest BCUT2D eigenvalue weighted by atomic mass is 16.5. The first-order valence-corrected chi connectivity index (χ1v) is 7.78. The van der Waals surface area contributed by atoms with Gasteiger partial charge in [-0.15, -0.1) is 0 Å². The summed E-state index contributed by atoms with van der Waals surface area (Å²) in [6.45, 7) is 13.2. The van der Waals surface area contributed by atoms with Crippen molar-refractivity contribution in [2.75, 3.05) is 13.2 Å². The van der Waals surface area contributed by atoms with E-state index in [1.807, 2.05) is 0 Å². The minimum atomic E-state index is 0.510. The number of hydrogen-bond acceptors (Lipinski definition) is 2. The Bertz CT molecular complexity index is 225.